The normalized spacial score (nSPS) is 13.0. The molecule has 0 saturated heterocycles. The van der Waals surface area contributed by atoms with Crippen molar-refractivity contribution in [2.75, 3.05) is 0 Å². The molecule has 0 bridgehead atoms. The molecule has 0 unspecified atom stereocenters. The number of aliphatic hydroxyl groups excluding tert-OH is 1. The first-order chi connectivity index (χ1) is 6.83. The minimum atomic E-state index is -0.113. The van der Waals surface area contributed by atoms with Crippen LogP contribution in [0.2, 0.25) is 0 Å². The number of aliphatic hydroxyl groups is 1. The Hall–Kier alpha value is -0.830. The quantitative estimate of drug-likeness (QED) is 0.726. The Morgan fingerprint density at radius 3 is 2.79 bits per heavy atom. The predicted octanol–water partition coefficient (Wildman–Crippen LogP) is 2.21. The molecule has 80 valence electrons. The average molecular weight is 196 g/mol. The summed E-state index contributed by atoms with van der Waals surface area (Å²) in [4.78, 5) is 3.97. The molecule has 1 heterocycles. The van der Waals surface area contributed by atoms with Crippen molar-refractivity contribution < 1.29 is 5.11 Å². The molecule has 3 nitrogen and oxygen atoms in total. The van der Waals surface area contributed by atoms with Crippen LogP contribution < -0.4 is 0 Å². The van der Waals surface area contributed by atoms with Gasteiger partial charge in [-0.2, -0.15) is 0 Å². The Labute approximate surface area is 85.8 Å². The molecule has 0 saturated carbocycles. The lowest BCUT2D eigenvalue weighted by Crippen LogP contribution is -2.07. The number of nitrogens with zero attached hydrogens (tertiary/aromatic N) is 2. The molecule has 1 atom stereocenters. The number of unbranched alkanes of at least 4 members (excludes halogenated alkanes) is 1. The third-order valence-electron chi connectivity index (χ3n) is 2.40. The largest absolute Gasteiger partial charge is 0.393 e. The molecule has 1 N–H and O–H groups in total. The van der Waals surface area contributed by atoms with Crippen LogP contribution in [0.15, 0.2) is 18.7 Å². The summed E-state index contributed by atoms with van der Waals surface area (Å²) in [5.74, 6) is 0. The first kappa shape index (κ1) is 11.2. The molecule has 0 amide bonds. The van der Waals surface area contributed by atoms with E-state index in [2.05, 4.69) is 11.9 Å². The summed E-state index contributed by atoms with van der Waals surface area (Å²) >= 11 is 0. The summed E-state index contributed by atoms with van der Waals surface area (Å²) in [5.41, 5.74) is 0. The molecule has 0 aromatic carbocycles. The van der Waals surface area contributed by atoms with Gasteiger partial charge in [0.15, 0.2) is 0 Å². The Morgan fingerprint density at radius 1 is 1.36 bits per heavy atom. The summed E-state index contributed by atoms with van der Waals surface area (Å²) in [6, 6.07) is 0. The van der Waals surface area contributed by atoms with Gasteiger partial charge in [-0.25, -0.2) is 4.98 Å². The van der Waals surface area contributed by atoms with Gasteiger partial charge in [0.1, 0.15) is 0 Å². The summed E-state index contributed by atoms with van der Waals surface area (Å²) in [6.45, 7) is 3.11. The second-order valence-electron chi connectivity index (χ2n) is 3.74. The standard InChI is InChI=1S/C11H20N2O/c1-2-3-5-11(14)6-4-8-13-9-7-12-10-13/h7,9-11,14H,2-6,8H2,1H3/t11-/m1/s1. The Bertz CT molecular complexity index is 221. The van der Waals surface area contributed by atoms with Gasteiger partial charge in [0.25, 0.3) is 0 Å². The van der Waals surface area contributed by atoms with Crippen molar-refractivity contribution in [3.05, 3.63) is 18.7 Å². The fourth-order valence-electron chi connectivity index (χ4n) is 1.51. The van der Waals surface area contributed by atoms with Crippen LogP contribution in [-0.2, 0) is 6.54 Å². The van der Waals surface area contributed by atoms with Crippen molar-refractivity contribution in [2.24, 2.45) is 0 Å². The molecule has 14 heavy (non-hydrogen) atoms. The van der Waals surface area contributed by atoms with E-state index in [1.807, 2.05) is 17.1 Å². The highest BCUT2D eigenvalue weighted by atomic mass is 16.3. The number of hydrogen-bond donors (Lipinski definition) is 1. The van der Waals surface area contributed by atoms with Crippen LogP contribution in [-0.4, -0.2) is 20.8 Å². The maximum Gasteiger partial charge on any atom is 0.0945 e. The fraction of sp³-hybridized carbons (Fsp3) is 0.727. The maximum atomic E-state index is 9.58. The zero-order chi connectivity index (χ0) is 10.2. The topological polar surface area (TPSA) is 38.0 Å². The van der Waals surface area contributed by atoms with Crippen LogP contribution >= 0.6 is 0 Å². The predicted molar refractivity (Wildman–Crippen MR) is 57.0 cm³/mol. The summed E-state index contributed by atoms with van der Waals surface area (Å²) in [6.07, 6.45) is 10.6. The van der Waals surface area contributed by atoms with Gasteiger partial charge in [-0.1, -0.05) is 19.8 Å². The van der Waals surface area contributed by atoms with Gasteiger partial charge >= 0.3 is 0 Å². The zero-order valence-electron chi connectivity index (χ0n) is 8.89. The van der Waals surface area contributed by atoms with Crippen LogP contribution in [0.4, 0.5) is 0 Å². The van der Waals surface area contributed by atoms with Gasteiger partial charge < -0.3 is 9.67 Å². The van der Waals surface area contributed by atoms with E-state index in [4.69, 9.17) is 0 Å². The SMILES string of the molecule is CCCC[C@@H](O)CCCn1ccnc1. The number of rotatable bonds is 7. The second-order valence-corrected chi connectivity index (χ2v) is 3.74. The molecule has 0 aliphatic rings. The first-order valence-electron chi connectivity index (χ1n) is 5.46. The zero-order valence-corrected chi connectivity index (χ0v) is 8.89. The van der Waals surface area contributed by atoms with Gasteiger partial charge in [-0.15, -0.1) is 0 Å². The van der Waals surface area contributed by atoms with E-state index >= 15 is 0 Å². The van der Waals surface area contributed by atoms with E-state index in [-0.39, 0.29) is 6.10 Å². The molecule has 0 spiro atoms. The fourth-order valence-corrected chi connectivity index (χ4v) is 1.51. The van der Waals surface area contributed by atoms with Crippen molar-refractivity contribution in [3.63, 3.8) is 0 Å². The monoisotopic (exact) mass is 196 g/mol. The highest BCUT2D eigenvalue weighted by Gasteiger charge is 2.02. The minimum absolute atomic E-state index is 0.113. The van der Waals surface area contributed by atoms with Gasteiger partial charge in [0, 0.05) is 18.9 Å². The lowest BCUT2D eigenvalue weighted by Gasteiger charge is -2.09. The van der Waals surface area contributed by atoms with E-state index in [1.54, 1.807) is 6.20 Å². The van der Waals surface area contributed by atoms with Crippen LogP contribution in [0.5, 0.6) is 0 Å². The maximum absolute atomic E-state index is 9.58. The number of hydrogen-bond acceptors (Lipinski definition) is 2. The van der Waals surface area contributed by atoms with Gasteiger partial charge in [0.2, 0.25) is 0 Å². The number of aromatic nitrogens is 2. The van der Waals surface area contributed by atoms with Crippen molar-refractivity contribution in [1.29, 1.82) is 0 Å². The summed E-state index contributed by atoms with van der Waals surface area (Å²) in [7, 11) is 0. The third kappa shape index (κ3) is 4.42. The van der Waals surface area contributed by atoms with Crippen molar-refractivity contribution in [1.82, 2.24) is 9.55 Å². The molecule has 1 rings (SSSR count). The molecule has 0 aliphatic heterocycles. The van der Waals surface area contributed by atoms with E-state index < -0.39 is 0 Å². The molecule has 1 aromatic heterocycles. The molecule has 0 radical (unpaired) electrons. The van der Waals surface area contributed by atoms with E-state index in [1.165, 1.54) is 6.42 Å². The lowest BCUT2D eigenvalue weighted by molar-refractivity contribution is 0.147. The molecule has 1 aromatic rings. The van der Waals surface area contributed by atoms with E-state index in [0.717, 1.165) is 32.2 Å². The van der Waals surface area contributed by atoms with Crippen molar-refractivity contribution in [3.8, 4) is 0 Å². The summed E-state index contributed by atoms with van der Waals surface area (Å²) in [5, 5.41) is 9.58. The molecular weight excluding hydrogens is 176 g/mol. The minimum Gasteiger partial charge on any atom is -0.393 e. The molecular formula is C11H20N2O. The lowest BCUT2D eigenvalue weighted by atomic mass is 10.1. The Morgan fingerprint density at radius 2 is 2.14 bits per heavy atom. The molecule has 0 fully saturated rings. The molecule has 3 heteroatoms. The van der Waals surface area contributed by atoms with Crippen LogP contribution in [0.1, 0.15) is 39.0 Å². The van der Waals surface area contributed by atoms with E-state index in [9.17, 15) is 5.11 Å². The van der Waals surface area contributed by atoms with Gasteiger partial charge in [-0.05, 0) is 19.3 Å². The number of imidazole rings is 1. The van der Waals surface area contributed by atoms with Crippen LogP contribution in [0.25, 0.3) is 0 Å². The highest BCUT2D eigenvalue weighted by molar-refractivity contribution is 4.73. The first-order valence-corrected chi connectivity index (χ1v) is 5.46. The second kappa shape index (κ2) is 6.60. The smallest absolute Gasteiger partial charge is 0.0945 e. The van der Waals surface area contributed by atoms with Gasteiger partial charge in [-0.3, -0.25) is 0 Å². The van der Waals surface area contributed by atoms with Crippen LogP contribution in [0.3, 0.4) is 0 Å². The Kier molecular flexibility index (Phi) is 5.30. The molecule has 0 aliphatic carbocycles. The average Bonchev–Trinajstić information content (AvgIpc) is 2.67. The summed E-state index contributed by atoms with van der Waals surface area (Å²) < 4.78 is 2.05. The number of aryl methyl sites for hydroxylation is 1. The van der Waals surface area contributed by atoms with Crippen molar-refractivity contribution >= 4 is 0 Å². The van der Waals surface area contributed by atoms with Crippen LogP contribution in [0, 0.1) is 0 Å². The van der Waals surface area contributed by atoms with E-state index in [0.29, 0.717) is 0 Å². The third-order valence-corrected chi connectivity index (χ3v) is 2.40. The Balaban J connectivity index is 2.03. The highest BCUT2D eigenvalue weighted by Crippen LogP contribution is 2.07. The van der Waals surface area contributed by atoms with Crippen molar-refractivity contribution in [2.45, 2.75) is 51.7 Å². The van der Waals surface area contributed by atoms with Gasteiger partial charge in [0.05, 0.1) is 12.4 Å².